The van der Waals surface area contributed by atoms with E-state index in [-0.39, 0.29) is 30.8 Å². The third-order valence-corrected chi connectivity index (χ3v) is 12.0. The maximum atomic E-state index is 12.9. The zero-order valence-electron chi connectivity index (χ0n) is 33.5. The van der Waals surface area contributed by atoms with Crippen molar-refractivity contribution >= 4 is 11.7 Å². The lowest BCUT2D eigenvalue weighted by atomic mass is 9.65. The van der Waals surface area contributed by atoms with E-state index in [9.17, 15) is 9.90 Å². The summed E-state index contributed by atoms with van der Waals surface area (Å²) < 4.78 is 19.7. The van der Waals surface area contributed by atoms with Gasteiger partial charge >= 0.3 is 6.03 Å². The van der Waals surface area contributed by atoms with Crippen molar-refractivity contribution in [2.24, 2.45) is 16.7 Å². The van der Waals surface area contributed by atoms with Gasteiger partial charge in [-0.2, -0.15) is 0 Å². The number of urea groups is 1. The van der Waals surface area contributed by atoms with Crippen LogP contribution in [0.15, 0.2) is 127 Å². The Hall–Kier alpha value is -4.99. The number of nitrogens with zero attached hydrogens (tertiary/aromatic N) is 1. The van der Waals surface area contributed by atoms with Crippen LogP contribution in [0.5, 0.6) is 11.5 Å². The largest absolute Gasteiger partial charge is 0.457 e. The second-order valence-corrected chi connectivity index (χ2v) is 17.5. The summed E-state index contributed by atoms with van der Waals surface area (Å²) >= 11 is 0. The molecule has 0 spiro atoms. The second-order valence-electron chi connectivity index (χ2n) is 17.5. The Morgan fingerprint density at radius 2 is 1.51 bits per heavy atom. The van der Waals surface area contributed by atoms with Crippen LogP contribution in [0.4, 0.5) is 10.5 Å². The van der Waals surface area contributed by atoms with Crippen LogP contribution in [0.2, 0.25) is 0 Å². The lowest BCUT2D eigenvalue weighted by molar-refractivity contribution is -0.276. The molecule has 3 fully saturated rings. The Morgan fingerprint density at radius 1 is 0.789 bits per heavy atom. The normalized spacial score (nSPS) is 25.5. The lowest BCUT2D eigenvalue weighted by Crippen LogP contribution is -2.46. The van der Waals surface area contributed by atoms with Gasteiger partial charge in [0.05, 0.1) is 18.8 Å². The third kappa shape index (κ3) is 9.26. The second kappa shape index (κ2) is 16.5. The number of benzene rings is 5. The minimum atomic E-state index is -0.546. The topological polar surface area (TPSA) is 92.3 Å². The van der Waals surface area contributed by atoms with Crippen LogP contribution in [0, 0.1) is 16.7 Å². The van der Waals surface area contributed by atoms with Crippen molar-refractivity contribution in [1.82, 2.24) is 10.2 Å². The van der Waals surface area contributed by atoms with E-state index in [4.69, 9.17) is 14.2 Å². The van der Waals surface area contributed by atoms with Crippen LogP contribution in [0.3, 0.4) is 0 Å². The summed E-state index contributed by atoms with van der Waals surface area (Å²) in [4.78, 5) is 15.6. The van der Waals surface area contributed by atoms with Gasteiger partial charge in [0.15, 0.2) is 6.29 Å². The molecule has 1 saturated carbocycles. The summed E-state index contributed by atoms with van der Waals surface area (Å²) in [5.74, 6) is 1.58. The highest BCUT2D eigenvalue weighted by Gasteiger charge is 2.51. The van der Waals surface area contributed by atoms with Crippen molar-refractivity contribution in [3.05, 3.63) is 150 Å². The molecule has 8 nitrogen and oxygen atoms in total. The van der Waals surface area contributed by atoms with Crippen LogP contribution in [-0.4, -0.2) is 41.3 Å². The first-order valence-corrected chi connectivity index (χ1v) is 20.3. The van der Waals surface area contributed by atoms with E-state index < -0.39 is 6.29 Å². The third-order valence-electron chi connectivity index (χ3n) is 12.0. The number of carbonyl (C=O) groups excluding carboxylic acids is 1. The number of nitrogens with one attached hydrogen (secondary N) is 2. The monoisotopic (exact) mass is 765 g/mol. The predicted octanol–water partition coefficient (Wildman–Crippen LogP) is 10.7. The first kappa shape index (κ1) is 38.9. The number of aliphatic hydroxyl groups excluding tert-OH is 1. The molecule has 2 saturated heterocycles. The molecular weight excluding hydrogens is 711 g/mol. The SMILES string of the molecule is C[C@@H]1[C@H](CN2CC3(C)CC2CC(C)(C)C3)O[C@H](c2cccc(-c3cccc(CNC(=O)Nc4ccc(Oc5ccccc5)cc4)c3)c2)O[C@@H]1c1ccc(CO)cc1. The molecule has 0 radical (unpaired) electrons. The van der Waals surface area contributed by atoms with Crippen molar-refractivity contribution < 1.29 is 24.1 Å². The molecule has 6 atom stereocenters. The number of amides is 2. The molecule has 8 heteroatoms. The molecule has 5 aromatic carbocycles. The van der Waals surface area contributed by atoms with Crippen LogP contribution >= 0.6 is 0 Å². The summed E-state index contributed by atoms with van der Waals surface area (Å²) in [5, 5.41) is 15.6. The Labute approximate surface area is 337 Å². The summed E-state index contributed by atoms with van der Waals surface area (Å²) in [6.45, 7) is 11.9. The van der Waals surface area contributed by atoms with Crippen molar-refractivity contribution in [2.45, 2.75) is 84.6 Å². The van der Waals surface area contributed by atoms with E-state index in [1.54, 1.807) is 0 Å². The molecule has 1 aliphatic carbocycles. The van der Waals surface area contributed by atoms with Gasteiger partial charge in [0.2, 0.25) is 0 Å². The Balaban J connectivity index is 0.951. The van der Waals surface area contributed by atoms with Gasteiger partial charge in [0.1, 0.15) is 11.5 Å². The summed E-state index contributed by atoms with van der Waals surface area (Å²) in [6, 6.07) is 42.0. The van der Waals surface area contributed by atoms with E-state index in [0.29, 0.717) is 34.9 Å². The van der Waals surface area contributed by atoms with Crippen LogP contribution < -0.4 is 15.4 Å². The Bertz CT molecular complexity index is 2140. The summed E-state index contributed by atoms with van der Waals surface area (Å²) in [5.41, 5.74) is 7.39. The predicted molar refractivity (Wildman–Crippen MR) is 225 cm³/mol. The zero-order valence-corrected chi connectivity index (χ0v) is 33.5. The average Bonchev–Trinajstić information content (AvgIpc) is 3.45. The number of hydrogen-bond donors (Lipinski definition) is 3. The van der Waals surface area contributed by atoms with Crippen molar-refractivity contribution in [3.8, 4) is 22.6 Å². The average molecular weight is 766 g/mol. The van der Waals surface area contributed by atoms with E-state index >= 15 is 0 Å². The minimum absolute atomic E-state index is 0.0128. The maximum Gasteiger partial charge on any atom is 0.319 e. The van der Waals surface area contributed by atoms with Gasteiger partial charge < -0.3 is 30.0 Å². The fourth-order valence-electron chi connectivity index (χ4n) is 9.66. The van der Waals surface area contributed by atoms with E-state index in [2.05, 4.69) is 91.8 Å². The number of para-hydroxylation sites is 1. The number of fused-ring (bicyclic) bond motifs is 2. The number of rotatable bonds is 11. The summed E-state index contributed by atoms with van der Waals surface area (Å²) in [6.07, 6.45) is 3.00. The van der Waals surface area contributed by atoms with Gasteiger partial charge in [0, 0.05) is 42.8 Å². The molecule has 0 aromatic heterocycles. The Morgan fingerprint density at radius 3 is 2.26 bits per heavy atom. The number of anilines is 1. The quantitative estimate of drug-likeness (QED) is 0.124. The maximum absolute atomic E-state index is 12.9. The molecule has 57 heavy (non-hydrogen) atoms. The molecule has 5 aromatic rings. The first-order chi connectivity index (χ1) is 27.5. The highest BCUT2D eigenvalue weighted by atomic mass is 16.7. The first-order valence-electron chi connectivity index (χ1n) is 20.3. The number of carbonyl (C=O) groups is 1. The molecule has 2 heterocycles. The van der Waals surface area contributed by atoms with E-state index in [1.807, 2.05) is 78.9 Å². The van der Waals surface area contributed by atoms with Gasteiger partial charge in [-0.15, -0.1) is 0 Å². The van der Waals surface area contributed by atoms with Gasteiger partial charge in [0.25, 0.3) is 0 Å². The standard InChI is InChI=1S/C49H55N3O5/c1-33-44(29-52-32-49(4)27-41(52)26-48(2,3)31-49)56-46(57-45(33)36-18-16-34(30-53)17-19-36)39-13-9-12-38(25-39)37-11-8-10-35(24-37)28-50-47(54)51-40-20-22-43(23-21-40)55-42-14-6-5-7-15-42/h5-25,33,41,44-46,53H,26-32H2,1-4H3,(H2,50,51,54)/t33-,41?,44+,45+,46+,49?/m1/s1. The molecule has 2 bridgehead atoms. The molecule has 296 valence electrons. The zero-order chi connectivity index (χ0) is 39.6. The van der Waals surface area contributed by atoms with E-state index in [0.717, 1.165) is 52.2 Å². The smallest absolute Gasteiger partial charge is 0.319 e. The van der Waals surface area contributed by atoms with E-state index in [1.165, 1.54) is 19.3 Å². The van der Waals surface area contributed by atoms with Gasteiger partial charge in [-0.05, 0) is 106 Å². The molecule has 3 aliphatic rings. The summed E-state index contributed by atoms with van der Waals surface area (Å²) in [7, 11) is 0. The van der Waals surface area contributed by atoms with Gasteiger partial charge in [-0.25, -0.2) is 4.79 Å². The lowest BCUT2D eigenvalue weighted by Gasteiger charge is -2.43. The van der Waals surface area contributed by atoms with Crippen LogP contribution in [0.25, 0.3) is 11.1 Å². The fraction of sp³-hybridized carbons (Fsp3) is 0.367. The molecule has 2 amide bonds. The molecule has 3 N–H and O–H groups in total. The highest BCUT2D eigenvalue weighted by molar-refractivity contribution is 5.89. The van der Waals surface area contributed by atoms with Crippen LogP contribution in [-0.2, 0) is 22.6 Å². The molecule has 2 aliphatic heterocycles. The van der Waals surface area contributed by atoms with Gasteiger partial charge in [-0.1, -0.05) is 107 Å². The van der Waals surface area contributed by atoms with Crippen molar-refractivity contribution in [2.75, 3.05) is 18.4 Å². The Kier molecular flexibility index (Phi) is 11.2. The van der Waals surface area contributed by atoms with Crippen molar-refractivity contribution in [3.63, 3.8) is 0 Å². The van der Waals surface area contributed by atoms with Gasteiger partial charge in [-0.3, -0.25) is 4.90 Å². The number of likely N-dealkylation sites (tertiary alicyclic amines) is 1. The number of ether oxygens (including phenoxy) is 3. The highest BCUT2D eigenvalue weighted by Crippen LogP contribution is 2.53. The number of hydrogen-bond acceptors (Lipinski definition) is 6. The minimum Gasteiger partial charge on any atom is -0.457 e. The molecule has 8 rings (SSSR count). The number of aliphatic hydroxyl groups is 1. The van der Waals surface area contributed by atoms with Crippen LogP contribution in [0.1, 0.15) is 81.6 Å². The molecular formula is C49H55N3O5. The fourth-order valence-corrected chi connectivity index (χ4v) is 9.66. The van der Waals surface area contributed by atoms with Crippen molar-refractivity contribution in [1.29, 1.82) is 0 Å². The molecule has 2 unspecified atom stereocenters.